The highest BCUT2D eigenvalue weighted by Crippen LogP contribution is 2.50. The standard InChI is InChI=1S/C22H40N2O3S2/c1-21(2)14-27-19-18(21)12-22(3,15-7-9-17(10-8-15)29(4,25)26)24-20(19)23-13-16-6-5-11-28-16/h15-20,23-24H,5-14H2,1-4H3. The van der Waals surface area contributed by atoms with Crippen LogP contribution >= 0.6 is 11.8 Å². The smallest absolute Gasteiger partial charge is 0.150 e. The second-order valence-corrected chi connectivity index (χ2v) is 14.7. The van der Waals surface area contributed by atoms with E-state index in [2.05, 4.69) is 43.2 Å². The van der Waals surface area contributed by atoms with Gasteiger partial charge < -0.3 is 4.74 Å². The van der Waals surface area contributed by atoms with Crippen LogP contribution in [0.5, 0.6) is 0 Å². The molecular formula is C22H40N2O3S2. The fourth-order valence-corrected chi connectivity index (χ4v) is 8.64. The molecule has 0 aromatic carbocycles. The van der Waals surface area contributed by atoms with E-state index in [4.69, 9.17) is 4.74 Å². The number of sulfone groups is 1. The maximum Gasteiger partial charge on any atom is 0.150 e. The fraction of sp³-hybridized carbons (Fsp3) is 1.00. The minimum Gasteiger partial charge on any atom is -0.374 e. The van der Waals surface area contributed by atoms with Crippen LogP contribution in [0.15, 0.2) is 0 Å². The molecule has 0 aromatic heterocycles. The summed E-state index contributed by atoms with van der Waals surface area (Å²) in [5.74, 6) is 2.36. The van der Waals surface area contributed by atoms with Crippen molar-refractivity contribution in [1.82, 2.24) is 10.6 Å². The topological polar surface area (TPSA) is 67.4 Å². The summed E-state index contributed by atoms with van der Waals surface area (Å²) in [5.41, 5.74) is 0.231. The van der Waals surface area contributed by atoms with Crippen LogP contribution in [0.25, 0.3) is 0 Å². The van der Waals surface area contributed by atoms with Crippen LogP contribution in [-0.4, -0.2) is 61.9 Å². The molecule has 4 fully saturated rings. The molecule has 0 amide bonds. The van der Waals surface area contributed by atoms with Gasteiger partial charge in [0.05, 0.1) is 24.1 Å². The summed E-state index contributed by atoms with van der Waals surface area (Å²) in [5, 5.41) is 8.42. The van der Waals surface area contributed by atoms with Crippen molar-refractivity contribution in [2.24, 2.45) is 17.3 Å². The summed E-state index contributed by atoms with van der Waals surface area (Å²) in [6.07, 6.45) is 9.24. The molecule has 2 N–H and O–H groups in total. The summed E-state index contributed by atoms with van der Waals surface area (Å²) in [7, 11) is -2.92. The molecule has 3 heterocycles. The molecule has 0 spiro atoms. The van der Waals surface area contributed by atoms with Gasteiger partial charge in [0.1, 0.15) is 9.84 Å². The molecule has 7 heteroatoms. The fourth-order valence-electron chi connectivity index (χ4n) is 6.30. The molecule has 1 aliphatic carbocycles. The van der Waals surface area contributed by atoms with Gasteiger partial charge in [-0.05, 0) is 74.9 Å². The first-order chi connectivity index (χ1) is 13.6. The molecule has 3 aliphatic heterocycles. The minimum atomic E-state index is -2.92. The van der Waals surface area contributed by atoms with Gasteiger partial charge in [-0.1, -0.05) is 13.8 Å². The number of hydrogen-bond acceptors (Lipinski definition) is 6. The third-order valence-corrected chi connectivity index (χ3v) is 11.4. The Morgan fingerprint density at radius 3 is 2.48 bits per heavy atom. The van der Waals surface area contributed by atoms with Crippen LogP contribution in [0.4, 0.5) is 0 Å². The number of fused-ring (bicyclic) bond motifs is 1. The summed E-state index contributed by atoms with van der Waals surface area (Å²) in [6.45, 7) is 8.98. The molecule has 5 atom stereocenters. The summed E-state index contributed by atoms with van der Waals surface area (Å²) in [6, 6.07) is 0. The van der Waals surface area contributed by atoms with Crippen molar-refractivity contribution in [2.45, 2.75) is 94.0 Å². The first-order valence-electron chi connectivity index (χ1n) is 11.5. The molecule has 5 nitrogen and oxygen atoms in total. The number of rotatable bonds is 5. The van der Waals surface area contributed by atoms with E-state index < -0.39 is 9.84 Å². The Bertz CT molecular complexity index is 684. The van der Waals surface area contributed by atoms with E-state index in [9.17, 15) is 8.42 Å². The van der Waals surface area contributed by atoms with E-state index in [0.717, 1.165) is 50.5 Å². The predicted molar refractivity (Wildman–Crippen MR) is 121 cm³/mol. The maximum atomic E-state index is 12.0. The molecule has 4 aliphatic rings. The van der Waals surface area contributed by atoms with E-state index in [1.54, 1.807) is 0 Å². The van der Waals surface area contributed by atoms with E-state index >= 15 is 0 Å². The van der Waals surface area contributed by atoms with Crippen molar-refractivity contribution in [3.05, 3.63) is 0 Å². The van der Waals surface area contributed by atoms with Gasteiger partial charge in [-0.15, -0.1) is 0 Å². The lowest BCUT2D eigenvalue weighted by molar-refractivity contribution is -0.0250. The molecule has 168 valence electrons. The highest BCUT2D eigenvalue weighted by atomic mass is 32.2. The molecule has 1 saturated carbocycles. The van der Waals surface area contributed by atoms with Crippen LogP contribution in [0.2, 0.25) is 0 Å². The largest absolute Gasteiger partial charge is 0.374 e. The van der Waals surface area contributed by atoms with Crippen LogP contribution in [-0.2, 0) is 14.6 Å². The van der Waals surface area contributed by atoms with Gasteiger partial charge in [-0.25, -0.2) is 8.42 Å². The molecule has 29 heavy (non-hydrogen) atoms. The lowest BCUT2D eigenvalue weighted by Gasteiger charge is -2.52. The summed E-state index contributed by atoms with van der Waals surface area (Å²) >= 11 is 2.10. The van der Waals surface area contributed by atoms with Gasteiger partial charge in [-0.3, -0.25) is 10.6 Å². The van der Waals surface area contributed by atoms with Crippen molar-refractivity contribution in [3.8, 4) is 0 Å². The van der Waals surface area contributed by atoms with E-state index in [-0.39, 0.29) is 28.5 Å². The Balaban J connectivity index is 1.47. The third-order valence-electron chi connectivity index (χ3n) is 8.28. The number of thioether (sulfide) groups is 1. The van der Waals surface area contributed by atoms with Crippen molar-refractivity contribution in [3.63, 3.8) is 0 Å². The number of piperidine rings is 1. The molecule has 0 aromatic rings. The summed E-state index contributed by atoms with van der Waals surface area (Å²) in [4.78, 5) is 0. The highest BCUT2D eigenvalue weighted by molar-refractivity contribution is 8.00. The number of ether oxygens (including phenoxy) is 1. The number of nitrogens with one attached hydrogen (secondary N) is 2. The molecule has 3 saturated heterocycles. The Morgan fingerprint density at radius 2 is 1.86 bits per heavy atom. The molecular weight excluding hydrogens is 404 g/mol. The van der Waals surface area contributed by atoms with Gasteiger partial charge in [0.25, 0.3) is 0 Å². The SMILES string of the molecule is CC1(C)COC2C(NCC3CCCS3)NC(C)(C3CCC(S(C)(=O)=O)CC3)CC21. The second-order valence-electron chi connectivity index (χ2n) is 11.0. The third kappa shape index (κ3) is 4.69. The normalized spacial score (nSPS) is 45.2. The zero-order chi connectivity index (χ0) is 20.9. The lowest BCUT2D eigenvalue weighted by atomic mass is 9.63. The van der Waals surface area contributed by atoms with Gasteiger partial charge in [0.2, 0.25) is 0 Å². The zero-order valence-corrected chi connectivity index (χ0v) is 20.2. The Morgan fingerprint density at radius 1 is 1.14 bits per heavy atom. The Labute approximate surface area is 181 Å². The van der Waals surface area contributed by atoms with Crippen LogP contribution < -0.4 is 10.6 Å². The molecule has 0 bridgehead atoms. The first kappa shape index (κ1) is 22.4. The van der Waals surface area contributed by atoms with Gasteiger partial charge >= 0.3 is 0 Å². The maximum absolute atomic E-state index is 12.0. The van der Waals surface area contributed by atoms with Gasteiger partial charge in [0.15, 0.2) is 0 Å². The highest BCUT2D eigenvalue weighted by Gasteiger charge is 2.55. The lowest BCUT2D eigenvalue weighted by Crippen LogP contribution is -2.68. The van der Waals surface area contributed by atoms with E-state index in [1.165, 1.54) is 24.9 Å². The van der Waals surface area contributed by atoms with E-state index in [1.807, 2.05) is 0 Å². The number of hydrogen-bond donors (Lipinski definition) is 2. The second kappa shape index (κ2) is 8.27. The van der Waals surface area contributed by atoms with Crippen molar-refractivity contribution in [2.75, 3.05) is 25.2 Å². The predicted octanol–water partition coefficient (Wildman–Crippen LogP) is 3.19. The first-order valence-corrected chi connectivity index (χ1v) is 14.5. The van der Waals surface area contributed by atoms with Crippen LogP contribution in [0, 0.1) is 17.3 Å². The minimum absolute atomic E-state index is 0.0368. The molecule has 4 rings (SSSR count). The Kier molecular flexibility index (Phi) is 6.38. The molecule has 5 unspecified atom stereocenters. The average Bonchev–Trinajstić information content (AvgIpc) is 3.27. The monoisotopic (exact) mass is 444 g/mol. The van der Waals surface area contributed by atoms with E-state index in [0.29, 0.717) is 11.8 Å². The zero-order valence-electron chi connectivity index (χ0n) is 18.6. The van der Waals surface area contributed by atoms with Crippen molar-refractivity contribution >= 4 is 21.6 Å². The van der Waals surface area contributed by atoms with Crippen molar-refractivity contribution in [1.29, 1.82) is 0 Å². The average molecular weight is 445 g/mol. The van der Waals surface area contributed by atoms with Gasteiger partial charge in [0, 0.05) is 23.6 Å². The quantitative estimate of drug-likeness (QED) is 0.679. The van der Waals surface area contributed by atoms with Crippen molar-refractivity contribution < 1.29 is 13.2 Å². The van der Waals surface area contributed by atoms with Gasteiger partial charge in [-0.2, -0.15) is 11.8 Å². The summed E-state index contributed by atoms with van der Waals surface area (Å²) < 4.78 is 30.3. The molecule has 0 radical (unpaired) electrons. The Hall–Kier alpha value is 0.180. The van der Waals surface area contributed by atoms with Crippen LogP contribution in [0.1, 0.15) is 65.7 Å². The van der Waals surface area contributed by atoms with Crippen LogP contribution in [0.3, 0.4) is 0 Å².